The van der Waals surface area contributed by atoms with E-state index in [1.54, 1.807) is 17.4 Å². The molecule has 2 rings (SSSR count). The zero-order chi connectivity index (χ0) is 13.1. The molecule has 2 aromatic rings. The van der Waals surface area contributed by atoms with Gasteiger partial charge in [0.2, 0.25) is 0 Å². The fourth-order valence-corrected chi connectivity index (χ4v) is 2.82. The highest BCUT2D eigenvalue weighted by Gasteiger charge is 2.14. The minimum atomic E-state index is 0.306. The number of hydrogen-bond donors (Lipinski definition) is 1. The van der Waals surface area contributed by atoms with Crippen LogP contribution >= 0.6 is 34.5 Å². The van der Waals surface area contributed by atoms with Crippen molar-refractivity contribution in [2.75, 3.05) is 17.2 Å². The second-order valence-corrected chi connectivity index (χ2v) is 5.60. The van der Waals surface area contributed by atoms with Crippen LogP contribution < -0.4 is 10.6 Å². The molecule has 2 aromatic heterocycles. The summed E-state index contributed by atoms with van der Waals surface area (Å²) in [6.07, 6.45) is 0. The highest BCUT2D eigenvalue weighted by atomic mass is 35.5. The monoisotopic (exact) mass is 301 g/mol. The van der Waals surface area contributed by atoms with Crippen molar-refractivity contribution in [1.29, 1.82) is 0 Å². The van der Waals surface area contributed by atoms with Gasteiger partial charge in [0.15, 0.2) is 0 Å². The van der Waals surface area contributed by atoms with Gasteiger partial charge in [0.1, 0.15) is 11.6 Å². The molecule has 2 heterocycles. The van der Waals surface area contributed by atoms with E-state index in [4.69, 9.17) is 28.9 Å². The van der Waals surface area contributed by atoms with Gasteiger partial charge < -0.3 is 10.6 Å². The molecule has 0 fully saturated rings. The Labute approximate surface area is 120 Å². The molecular formula is C12H13Cl2N3S. The number of thiophene rings is 1. The van der Waals surface area contributed by atoms with Gasteiger partial charge in [0.05, 0.1) is 16.6 Å². The number of anilines is 2. The van der Waals surface area contributed by atoms with Crippen molar-refractivity contribution in [2.24, 2.45) is 0 Å². The van der Waals surface area contributed by atoms with Crippen LogP contribution in [0.2, 0.25) is 10.0 Å². The van der Waals surface area contributed by atoms with Crippen LogP contribution in [0.15, 0.2) is 23.6 Å². The summed E-state index contributed by atoms with van der Waals surface area (Å²) in [7, 11) is 0. The van der Waals surface area contributed by atoms with E-state index in [-0.39, 0.29) is 0 Å². The Kier molecular flexibility index (Phi) is 4.32. The van der Waals surface area contributed by atoms with Crippen molar-refractivity contribution in [3.63, 3.8) is 0 Å². The fraction of sp³-hybridized carbons (Fsp3) is 0.250. The van der Waals surface area contributed by atoms with E-state index in [1.165, 1.54) is 4.88 Å². The molecular weight excluding hydrogens is 289 g/mol. The van der Waals surface area contributed by atoms with Gasteiger partial charge in [0.25, 0.3) is 0 Å². The maximum atomic E-state index is 6.17. The molecule has 96 valence electrons. The van der Waals surface area contributed by atoms with Crippen molar-refractivity contribution >= 4 is 46.2 Å². The van der Waals surface area contributed by atoms with Crippen LogP contribution in [-0.2, 0) is 6.54 Å². The van der Waals surface area contributed by atoms with E-state index in [0.717, 1.165) is 13.1 Å². The van der Waals surface area contributed by atoms with E-state index in [1.807, 2.05) is 6.07 Å². The minimum Gasteiger partial charge on any atom is -0.382 e. The van der Waals surface area contributed by atoms with Crippen LogP contribution in [0.5, 0.6) is 0 Å². The molecule has 0 atom stereocenters. The molecule has 18 heavy (non-hydrogen) atoms. The summed E-state index contributed by atoms with van der Waals surface area (Å²) >= 11 is 13.8. The molecule has 0 aliphatic carbocycles. The Morgan fingerprint density at radius 2 is 2.17 bits per heavy atom. The summed E-state index contributed by atoms with van der Waals surface area (Å²) in [5.41, 5.74) is 5.73. The van der Waals surface area contributed by atoms with Gasteiger partial charge in [0, 0.05) is 11.4 Å². The highest BCUT2D eigenvalue weighted by Crippen LogP contribution is 2.31. The molecule has 3 nitrogen and oxygen atoms in total. The molecule has 0 spiro atoms. The lowest BCUT2D eigenvalue weighted by atomic mass is 10.3. The minimum absolute atomic E-state index is 0.306. The van der Waals surface area contributed by atoms with Crippen molar-refractivity contribution in [3.05, 3.63) is 38.5 Å². The molecule has 0 amide bonds. The first-order chi connectivity index (χ1) is 8.61. The van der Waals surface area contributed by atoms with Gasteiger partial charge in [-0.3, -0.25) is 0 Å². The number of hydrogen-bond acceptors (Lipinski definition) is 4. The largest absolute Gasteiger partial charge is 0.382 e. The topological polar surface area (TPSA) is 42.2 Å². The number of rotatable bonds is 4. The second-order valence-electron chi connectivity index (χ2n) is 3.75. The molecule has 2 N–H and O–H groups in total. The van der Waals surface area contributed by atoms with Crippen LogP contribution in [0, 0.1) is 0 Å². The fourth-order valence-electron chi connectivity index (χ4n) is 1.62. The van der Waals surface area contributed by atoms with E-state index < -0.39 is 0 Å². The van der Waals surface area contributed by atoms with Crippen molar-refractivity contribution in [1.82, 2.24) is 4.98 Å². The SMILES string of the molecule is CCN(Cc1cccs1)c1nc(N)c(Cl)cc1Cl. The summed E-state index contributed by atoms with van der Waals surface area (Å²) in [6, 6.07) is 5.75. The number of nitrogens with zero attached hydrogens (tertiary/aromatic N) is 2. The van der Waals surface area contributed by atoms with Crippen molar-refractivity contribution in [3.8, 4) is 0 Å². The molecule has 0 radical (unpaired) electrons. The van der Waals surface area contributed by atoms with Crippen LogP contribution in [0.3, 0.4) is 0 Å². The number of halogens is 2. The first kappa shape index (κ1) is 13.5. The van der Waals surface area contributed by atoms with Gasteiger partial charge in [-0.1, -0.05) is 29.3 Å². The van der Waals surface area contributed by atoms with E-state index >= 15 is 0 Å². The lowest BCUT2D eigenvalue weighted by Crippen LogP contribution is -2.23. The van der Waals surface area contributed by atoms with Crippen LogP contribution in [0.25, 0.3) is 0 Å². The molecule has 0 unspecified atom stereocenters. The Morgan fingerprint density at radius 1 is 1.39 bits per heavy atom. The smallest absolute Gasteiger partial charge is 0.150 e. The summed E-state index contributed by atoms with van der Waals surface area (Å²) < 4.78 is 0. The highest BCUT2D eigenvalue weighted by molar-refractivity contribution is 7.09. The van der Waals surface area contributed by atoms with Gasteiger partial charge in [-0.05, 0) is 24.4 Å². The van der Waals surface area contributed by atoms with Crippen molar-refractivity contribution in [2.45, 2.75) is 13.5 Å². The zero-order valence-corrected chi connectivity index (χ0v) is 12.2. The molecule has 6 heteroatoms. The summed E-state index contributed by atoms with van der Waals surface area (Å²) in [5, 5.41) is 2.96. The number of aromatic nitrogens is 1. The lowest BCUT2D eigenvalue weighted by molar-refractivity contribution is 0.825. The second kappa shape index (κ2) is 5.78. The number of pyridine rings is 1. The number of nitrogen functional groups attached to an aromatic ring is 1. The first-order valence-corrected chi connectivity index (χ1v) is 7.14. The Hall–Kier alpha value is -0.970. The molecule has 0 aliphatic heterocycles. The molecule has 0 aromatic carbocycles. The maximum Gasteiger partial charge on any atom is 0.150 e. The summed E-state index contributed by atoms with van der Waals surface area (Å²) in [6.45, 7) is 3.62. The van der Waals surface area contributed by atoms with Gasteiger partial charge in [-0.25, -0.2) is 4.98 Å². The first-order valence-electron chi connectivity index (χ1n) is 5.50. The molecule has 0 aliphatic rings. The standard InChI is InChI=1S/C12H13Cl2N3S/c1-2-17(7-8-4-3-5-18-8)12-10(14)6-9(13)11(15)16-12/h3-6H,2,7H2,1H3,(H2,15,16). The zero-order valence-electron chi connectivity index (χ0n) is 9.86. The summed E-state index contributed by atoms with van der Waals surface area (Å²) in [4.78, 5) is 7.59. The Bertz CT molecular complexity index is 528. The Balaban J connectivity index is 2.30. The van der Waals surface area contributed by atoms with E-state index in [2.05, 4.69) is 28.3 Å². The molecule has 0 bridgehead atoms. The molecule has 0 saturated heterocycles. The van der Waals surface area contributed by atoms with Gasteiger partial charge in [-0.15, -0.1) is 11.3 Å². The van der Waals surface area contributed by atoms with Crippen LogP contribution in [-0.4, -0.2) is 11.5 Å². The van der Waals surface area contributed by atoms with Crippen LogP contribution in [0.1, 0.15) is 11.8 Å². The predicted octanol–water partition coefficient (Wildman–Crippen LogP) is 4.06. The van der Waals surface area contributed by atoms with Gasteiger partial charge in [-0.2, -0.15) is 0 Å². The number of nitrogens with two attached hydrogens (primary N) is 1. The third kappa shape index (κ3) is 2.88. The van der Waals surface area contributed by atoms with Crippen molar-refractivity contribution < 1.29 is 0 Å². The maximum absolute atomic E-state index is 6.17. The predicted molar refractivity (Wildman–Crippen MR) is 79.7 cm³/mol. The van der Waals surface area contributed by atoms with Gasteiger partial charge >= 0.3 is 0 Å². The quantitative estimate of drug-likeness (QED) is 0.926. The average molecular weight is 302 g/mol. The summed E-state index contributed by atoms with van der Waals surface area (Å²) in [5.74, 6) is 0.982. The normalized spacial score (nSPS) is 10.6. The van der Waals surface area contributed by atoms with E-state index in [0.29, 0.717) is 21.7 Å². The Morgan fingerprint density at radius 3 is 2.78 bits per heavy atom. The van der Waals surface area contributed by atoms with E-state index in [9.17, 15) is 0 Å². The lowest BCUT2D eigenvalue weighted by Gasteiger charge is -2.22. The molecule has 0 saturated carbocycles. The third-order valence-corrected chi connectivity index (χ3v) is 3.99. The average Bonchev–Trinajstić information content (AvgIpc) is 2.84. The third-order valence-electron chi connectivity index (χ3n) is 2.55. The van der Waals surface area contributed by atoms with Crippen LogP contribution in [0.4, 0.5) is 11.6 Å².